The summed E-state index contributed by atoms with van der Waals surface area (Å²) in [6, 6.07) is 3.98. The lowest BCUT2D eigenvalue weighted by Crippen LogP contribution is -2.38. The van der Waals surface area contributed by atoms with Gasteiger partial charge in [0.1, 0.15) is 0 Å². The van der Waals surface area contributed by atoms with Crippen molar-refractivity contribution in [2.24, 2.45) is 0 Å². The van der Waals surface area contributed by atoms with Crippen LogP contribution in [0.3, 0.4) is 0 Å². The smallest absolute Gasteiger partial charge is 0.271 e. The lowest BCUT2D eigenvalue weighted by Gasteiger charge is -2.17. The van der Waals surface area contributed by atoms with Crippen molar-refractivity contribution in [3.8, 4) is 0 Å². The summed E-state index contributed by atoms with van der Waals surface area (Å²) in [7, 11) is 0. The number of non-ortho nitro benzene ring substituents is 1. The van der Waals surface area contributed by atoms with Gasteiger partial charge in [-0.05, 0) is 19.9 Å². The van der Waals surface area contributed by atoms with Crippen LogP contribution in [0.2, 0.25) is 0 Å². The van der Waals surface area contributed by atoms with E-state index in [0.717, 1.165) is 0 Å². The van der Waals surface area contributed by atoms with Gasteiger partial charge in [-0.3, -0.25) is 14.9 Å². The molecule has 1 rings (SSSR count). The average molecular weight is 317 g/mol. The van der Waals surface area contributed by atoms with Crippen molar-refractivity contribution in [1.29, 1.82) is 0 Å². The summed E-state index contributed by atoms with van der Waals surface area (Å²) in [5.41, 5.74) is -1.04. The summed E-state index contributed by atoms with van der Waals surface area (Å²) in [5.74, 6) is -0.471. The number of aliphatic hydroxyl groups is 1. The van der Waals surface area contributed by atoms with E-state index in [0.29, 0.717) is 4.47 Å². The number of nitrogens with zero attached hydrogens (tertiary/aromatic N) is 1. The van der Waals surface area contributed by atoms with Crippen LogP contribution in [0.15, 0.2) is 22.7 Å². The fourth-order valence-electron chi connectivity index (χ4n) is 1.21. The molecule has 18 heavy (non-hydrogen) atoms. The van der Waals surface area contributed by atoms with Crippen molar-refractivity contribution in [3.63, 3.8) is 0 Å². The highest BCUT2D eigenvalue weighted by Crippen LogP contribution is 2.21. The highest BCUT2D eigenvalue weighted by atomic mass is 79.9. The largest absolute Gasteiger partial charge is 0.389 e. The van der Waals surface area contributed by atoms with Crippen molar-refractivity contribution < 1.29 is 14.8 Å². The number of carbonyl (C=O) groups excluding carboxylic acids is 1. The molecule has 0 aliphatic carbocycles. The van der Waals surface area contributed by atoms with E-state index in [2.05, 4.69) is 21.2 Å². The molecule has 0 unspecified atom stereocenters. The molecule has 0 aliphatic rings. The first-order valence-corrected chi connectivity index (χ1v) is 5.94. The zero-order valence-electron chi connectivity index (χ0n) is 9.94. The molecule has 0 spiro atoms. The number of amides is 1. The molecule has 0 atom stereocenters. The third-order valence-electron chi connectivity index (χ3n) is 2.04. The van der Waals surface area contributed by atoms with Gasteiger partial charge in [-0.1, -0.05) is 15.9 Å². The summed E-state index contributed by atoms with van der Waals surface area (Å²) < 4.78 is 0.449. The maximum absolute atomic E-state index is 11.8. The molecular formula is C11H13BrN2O4. The molecule has 1 aromatic carbocycles. The standard InChI is InChI=1S/C11H13BrN2O4/c1-11(2,16)6-13-10(15)7-3-8(12)5-9(4-7)14(17)18/h3-5,16H,6H2,1-2H3,(H,13,15). The van der Waals surface area contributed by atoms with Crippen LogP contribution in [0.25, 0.3) is 0 Å². The Bertz CT molecular complexity index is 482. The van der Waals surface area contributed by atoms with Crippen molar-refractivity contribution in [1.82, 2.24) is 5.32 Å². The van der Waals surface area contributed by atoms with Crippen LogP contribution in [0.4, 0.5) is 5.69 Å². The number of carbonyl (C=O) groups is 1. The molecule has 1 aromatic rings. The van der Waals surface area contributed by atoms with E-state index in [1.54, 1.807) is 13.8 Å². The number of nitro groups is 1. The maximum Gasteiger partial charge on any atom is 0.271 e. The molecule has 2 N–H and O–H groups in total. The number of hydrogen-bond acceptors (Lipinski definition) is 4. The van der Waals surface area contributed by atoms with Crippen molar-refractivity contribution >= 4 is 27.5 Å². The fraction of sp³-hybridized carbons (Fsp3) is 0.364. The first kappa shape index (κ1) is 14.6. The Morgan fingerprint density at radius 2 is 2.11 bits per heavy atom. The number of nitro benzene ring substituents is 1. The van der Waals surface area contributed by atoms with Gasteiger partial charge in [0.05, 0.1) is 10.5 Å². The highest BCUT2D eigenvalue weighted by Gasteiger charge is 2.17. The molecule has 1 amide bonds. The predicted octanol–water partition coefficient (Wildman–Crippen LogP) is 1.86. The van der Waals surface area contributed by atoms with E-state index < -0.39 is 16.4 Å². The molecule has 0 aromatic heterocycles. The second-order valence-electron chi connectivity index (χ2n) is 4.45. The number of nitrogens with one attached hydrogen (secondary N) is 1. The Balaban J connectivity index is 2.89. The Labute approximate surface area is 112 Å². The second kappa shape index (κ2) is 5.45. The van der Waals surface area contributed by atoms with Crippen molar-refractivity contribution in [2.75, 3.05) is 6.54 Å². The Hall–Kier alpha value is -1.47. The monoisotopic (exact) mass is 316 g/mol. The summed E-state index contributed by atoms with van der Waals surface area (Å²) in [4.78, 5) is 21.8. The minimum absolute atomic E-state index is 0.0617. The predicted molar refractivity (Wildman–Crippen MR) is 69.4 cm³/mol. The van der Waals surface area contributed by atoms with Gasteiger partial charge < -0.3 is 10.4 Å². The molecule has 7 heteroatoms. The van der Waals surface area contributed by atoms with E-state index in [4.69, 9.17) is 0 Å². The van der Waals surface area contributed by atoms with E-state index in [1.165, 1.54) is 18.2 Å². The lowest BCUT2D eigenvalue weighted by molar-refractivity contribution is -0.385. The molecule has 0 fully saturated rings. The van der Waals surface area contributed by atoms with Crippen LogP contribution in [0.5, 0.6) is 0 Å². The van der Waals surface area contributed by atoms with E-state index in [9.17, 15) is 20.0 Å². The molecular weight excluding hydrogens is 304 g/mol. The zero-order valence-corrected chi connectivity index (χ0v) is 11.5. The van der Waals surface area contributed by atoms with Gasteiger partial charge in [-0.2, -0.15) is 0 Å². The number of hydrogen-bond donors (Lipinski definition) is 2. The Kier molecular flexibility index (Phi) is 4.42. The molecule has 6 nitrogen and oxygen atoms in total. The Morgan fingerprint density at radius 1 is 1.50 bits per heavy atom. The molecule has 0 saturated heterocycles. The third kappa shape index (κ3) is 4.42. The number of benzene rings is 1. The van der Waals surface area contributed by atoms with Gasteiger partial charge in [0.15, 0.2) is 0 Å². The van der Waals surface area contributed by atoms with Gasteiger partial charge in [-0.15, -0.1) is 0 Å². The van der Waals surface area contributed by atoms with Gasteiger partial charge in [-0.25, -0.2) is 0 Å². The summed E-state index contributed by atoms with van der Waals surface area (Å²) >= 11 is 3.11. The van der Waals surface area contributed by atoms with Crippen LogP contribution in [-0.4, -0.2) is 28.1 Å². The second-order valence-corrected chi connectivity index (χ2v) is 5.37. The molecule has 98 valence electrons. The highest BCUT2D eigenvalue weighted by molar-refractivity contribution is 9.10. The van der Waals surface area contributed by atoms with Crippen LogP contribution in [0.1, 0.15) is 24.2 Å². The molecule has 0 heterocycles. The van der Waals surface area contributed by atoms with E-state index in [1.807, 2.05) is 0 Å². The topological polar surface area (TPSA) is 92.5 Å². The SMILES string of the molecule is CC(C)(O)CNC(=O)c1cc(Br)cc([N+](=O)[O-])c1. The fourth-order valence-corrected chi connectivity index (χ4v) is 1.69. The summed E-state index contributed by atoms with van der Waals surface area (Å²) in [5, 5.41) is 22.6. The Morgan fingerprint density at radius 3 is 2.61 bits per heavy atom. The van der Waals surface area contributed by atoms with E-state index >= 15 is 0 Å². The minimum Gasteiger partial charge on any atom is -0.389 e. The molecule has 0 radical (unpaired) electrons. The van der Waals surface area contributed by atoms with Gasteiger partial charge >= 0.3 is 0 Å². The maximum atomic E-state index is 11.8. The first-order valence-electron chi connectivity index (χ1n) is 5.14. The molecule has 0 aliphatic heterocycles. The van der Waals surface area contributed by atoms with Gasteiger partial charge in [0.25, 0.3) is 11.6 Å². The lowest BCUT2D eigenvalue weighted by atomic mass is 10.1. The van der Waals surface area contributed by atoms with Gasteiger partial charge in [0, 0.05) is 28.7 Å². The van der Waals surface area contributed by atoms with Crippen LogP contribution in [-0.2, 0) is 0 Å². The van der Waals surface area contributed by atoms with Crippen molar-refractivity contribution in [3.05, 3.63) is 38.3 Å². The average Bonchev–Trinajstić information content (AvgIpc) is 2.23. The van der Waals surface area contributed by atoms with Crippen LogP contribution < -0.4 is 5.32 Å². The summed E-state index contributed by atoms with van der Waals surface area (Å²) in [6.07, 6.45) is 0. The third-order valence-corrected chi connectivity index (χ3v) is 2.49. The first-order chi connectivity index (χ1) is 8.19. The van der Waals surface area contributed by atoms with Crippen LogP contribution in [0, 0.1) is 10.1 Å². The molecule has 0 saturated carbocycles. The zero-order chi connectivity index (χ0) is 13.9. The number of halogens is 1. The quantitative estimate of drug-likeness (QED) is 0.655. The summed E-state index contributed by atoms with van der Waals surface area (Å²) in [6.45, 7) is 3.17. The van der Waals surface area contributed by atoms with Crippen LogP contribution >= 0.6 is 15.9 Å². The number of rotatable bonds is 4. The normalized spacial score (nSPS) is 11.1. The molecule has 0 bridgehead atoms. The van der Waals surface area contributed by atoms with E-state index in [-0.39, 0.29) is 17.8 Å². The van der Waals surface area contributed by atoms with Crippen molar-refractivity contribution in [2.45, 2.75) is 19.4 Å². The minimum atomic E-state index is -1.03. The van der Waals surface area contributed by atoms with Gasteiger partial charge in [0.2, 0.25) is 0 Å².